The lowest BCUT2D eigenvalue weighted by molar-refractivity contribution is 0.111. The minimum absolute atomic E-state index is 0.0263. The number of rotatable bonds is 4. The quantitative estimate of drug-likeness (QED) is 0.595. The van der Waals surface area contributed by atoms with Gasteiger partial charge >= 0.3 is 0 Å². The minimum Gasteiger partial charge on any atom is -0.494 e. The number of pyridine rings is 1. The zero-order chi connectivity index (χ0) is 11.4. The Bertz CT molecular complexity index is 371. The van der Waals surface area contributed by atoms with Crippen LogP contribution in [0.2, 0.25) is 0 Å². The highest BCUT2D eigenvalue weighted by Gasteiger charge is 2.17. The zero-order valence-corrected chi connectivity index (χ0v) is 8.59. The van der Waals surface area contributed by atoms with Gasteiger partial charge in [-0.1, -0.05) is 0 Å². The Labute approximate surface area is 90.0 Å². The summed E-state index contributed by atoms with van der Waals surface area (Å²) >= 11 is 5.51. The molecule has 0 saturated heterocycles. The molecular formula is C9H8ClF2NO2. The molecule has 0 bridgehead atoms. The van der Waals surface area contributed by atoms with Crippen LogP contribution in [0, 0.1) is 0 Å². The topological polar surface area (TPSA) is 39.2 Å². The van der Waals surface area contributed by atoms with Crippen LogP contribution >= 0.6 is 11.6 Å². The first-order valence-electron chi connectivity index (χ1n) is 4.01. The van der Waals surface area contributed by atoms with Crippen LogP contribution in [0.1, 0.15) is 28.2 Å². The molecule has 0 aliphatic rings. The van der Waals surface area contributed by atoms with Crippen molar-refractivity contribution in [1.29, 1.82) is 0 Å². The third kappa shape index (κ3) is 2.41. The van der Waals surface area contributed by atoms with Gasteiger partial charge in [-0.3, -0.25) is 4.79 Å². The Hall–Kier alpha value is -1.23. The van der Waals surface area contributed by atoms with Gasteiger partial charge in [0.05, 0.1) is 24.2 Å². The normalized spacial score (nSPS) is 10.5. The summed E-state index contributed by atoms with van der Waals surface area (Å²) in [6.45, 7) is 0. The van der Waals surface area contributed by atoms with Gasteiger partial charge in [0.25, 0.3) is 6.43 Å². The predicted octanol–water partition coefficient (Wildman–Crippen LogP) is 2.58. The molecule has 0 fully saturated rings. The first-order chi connectivity index (χ1) is 7.13. The SMILES string of the molecule is COc1c(C=O)cc(C(F)F)nc1CCl. The number of halogens is 3. The highest BCUT2D eigenvalue weighted by molar-refractivity contribution is 6.17. The van der Waals surface area contributed by atoms with Gasteiger partial charge in [-0.05, 0) is 6.07 Å². The number of aromatic nitrogens is 1. The van der Waals surface area contributed by atoms with Gasteiger partial charge in [0.15, 0.2) is 12.0 Å². The van der Waals surface area contributed by atoms with Crippen LogP contribution in [-0.4, -0.2) is 18.4 Å². The maximum atomic E-state index is 12.4. The van der Waals surface area contributed by atoms with Crippen LogP contribution in [0.25, 0.3) is 0 Å². The second kappa shape index (κ2) is 5.02. The van der Waals surface area contributed by atoms with E-state index in [0.29, 0.717) is 6.29 Å². The summed E-state index contributed by atoms with van der Waals surface area (Å²) < 4.78 is 29.6. The van der Waals surface area contributed by atoms with Crippen molar-refractivity contribution in [3.05, 3.63) is 23.0 Å². The lowest BCUT2D eigenvalue weighted by Crippen LogP contribution is -2.02. The Morgan fingerprint density at radius 3 is 2.73 bits per heavy atom. The first-order valence-corrected chi connectivity index (χ1v) is 4.54. The fourth-order valence-corrected chi connectivity index (χ4v) is 1.34. The Morgan fingerprint density at radius 2 is 2.33 bits per heavy atom. The van der Waals surface area contributed by atoms with Crippen LogP contribution in [0.3, 0.4) is 0 Å². The van der Waals surface area contributed by atoms with E-state index >= 15 is 0 Å². The zero-order valence-electron chi connectivity index (χ0n) is 7.84. The van der Waals surface area contributed by atoms with Crippen LogP contribution < -0.4 is 4.74 Å². The Balaban J connectivity index is 3.35. The van der Waals surface area contributed by atoms with Crippen LogP contribution in [0.5, 0.6) is 5.75 Å². The van der Waals surface area contributed by atoms with Crippen molar-refractivity contribution >= 4 is 17.9 Å². The van der Waals surface area contributed by atoms with E-state index in [1.165, 1.54) is 7.11 Å². The van der Waals surface area contributed by atoms with Crippen LogP contribution in [-0.2, 0) is 5.88 Å². The summed E-state index contributed by atoms with van der Waals surface area (Å²) in [6.07, 6.45) is -2.31. The Morgan fingerprint density at radius 1 is 1.67 bits per heavy atom. The van der Waals surface area contributed by atoms with Crippen LogP contribution in [0.4, 0.5) is 8.78 Å². The van der Waals surface area contributed by atoms with E-state index in [1.54, 1.807) is 0 Å². The lowest BCUT2D eigenvalue weighted by atomic mass is 10.2. The molecule has 0 radical (unpaired) electrons. The molecule has 6 heteroatoms. The number of carbonyl (C=O) groups is 1. The summed E-state index contributed by atoms with van der Waals surface area (Å²) in [6, 6.07) is 0.993. The van der Waals surface area contributed by atoms with Crippen LogP contribution in [0.15, 0.2) is 6.07 Å². The number of hydrogen-bond acceptors (Lipinski definition) is 3. The highest BCUT2D eigenvalue weighted by Crippen LogP contribution is 2.27. The third-order valence-electron chi connectivity index (χ3n) is 1.77. The van der Waals surface area contributed by atoms with E-state index < -0.39 is 12.1 Å². The van der Waals surface area contributed by atoms with Crippen molar-refractivity contribution in [3.8, 4) is 5.75 Å². The standard InChI is InChI=1S/C9H8ClF2NO2/c1-15-8-5(4-14)2-6(9(11)12)13-7(8)3-10/h2,4,9H,3H2,1H3. The van der Waals surface area contributed by atoms with Crippen molar-refractivity contribution in [2.45, 2.75) is 12.3 Å². The lowest BCUT2D eigenvalue weighted by Gasteiger charge is -2.09. The van der Waals surface area contributed by atoms with Gasteiger partial charge < -0.3 is 4.74 Å². The average Bonchev–Trinajstić information content (AvgIpc) is 2.26. The second-order valence-corrected chi connectivity index (χ2v) is 2.94. The van der Waals surface area contributed by atoms with E-state index in [1.807, 2.05) is 0 Å². The number of ether oxygens (including phenoxy) is 1. The second-order valence-electron chi connectivity index (χ2n) is 2.67. The maximum absolute atomic E-state index is 12.4. The van der Waals surface area contributed by atoms with Crippen molar-refractivity contribution < 1.29 is 18.3 Å². The number of nitrogens with zero attached hydrogens (tertiary/aromatic N) is 1. The predicted molar refractivity (Wildman–Crippen MR) is 50.7 cm³/mol. The molecule has 1 heterocycles. The molecule has 0 amide bonds. The number of aldehydes is 1. The fourth-order valence-electron chi connectivity index (χ4n) is 1.16. The smallest absolute Gasteiger partial charge is 0.280 e. The van der Waals surface area contributed by atoms with Crippen molar-refractivity contribution in [2.75, 3.05) is 7.11 Å². The molecule has 0 spiro atoms. The molecule has 0 aromatic carbocycles. The van der Waals surface area contributed by atoms with Gasteiger partial charge in [0.1, 0.15) is 5.69 Å². The van der Waals surface area contributed by atoms with Crippen molar-refractivity contribution in [3.63, 3.8) is 0 Å². The number of hydrogen-bond donors (Lipinski definition) is 0. The summed E-state index contributed by atoms with van der Waals surface area (Å²) in [5.41, 5.74) is -0.314. The third-order valence-corrected chi connectivity index (χ3v) is 2.03. The molecule has 0 atom stereocenters. The molecule has 1 aromatic heterocycles. The molecule has 0 N–H and O–H groups in total. The molecule has 1 rings (SSSR count). The van der Waals surface area contributed by atoms with Crippen molar-refractivity contribution in [1.82, 2.24) is 4.98 Å². The molecular weight excluding hydrogens is 228 g/mol. The van der Waals surface area contributed by atoms with E-state index in [4.69, 9.17) is 16.3 Å². The molecule has 0 unspecified atom stereocenters. The number of methoxy groups -OCH3 is 1. The Kier molecular flexibility index (Phi) is 3.96. The fraction of sp³-hybridized carbons (Fsp3) is 0.333. The van der Waals surface area contributed by atoms with Crippen molar-refractivity contribution in [2.24, 2.45) is 0 Å². The first kappa shape index (κ1) is 11.8. The summed E-state index contributed by atoms with van der Waals surface area (Å²) in [4.78, 5) is 14.2. The molecule has 0 aliphatic heterocycles. The van der Waals surface area contributed by atoms with E-state index in [-0.39, 0.29) is 22.9 Å². The molecule has 0 aliphatic carbocycles. The number of carbonyl (C=O) groups excluding carboxylic acids is 1. The van der Waals surface area contributed by atoms with E-state index in [9.17, 15) is 13.6 Å². The van der Waals surface area contributed by atoms with E-state index in [0.717, 1.165) is 6.07 Å². The largest absolute Gasteiger partial charge is 0.494 e. The molecule has 15 heavy (non-hydrogen) atoms. The molecule has 0 saturated carbocycles. The number of alkyl halides is 3. The van der Waals surface area contributed by atoms with E-state index in [2.05, 4.69) is 4.98 Å². The highest BCUT2D eigenvalue weighted by atomic mass is 35.5. The van der Waals surface area contributed by atoms with Gasteiger partial charge in [-0.15, -0.1) is 11.6 Å². The van der Waals surface area contributed by atoms with Gasteiger partial charge in [-0.25, -0.2) is 13.8 Å². The summed E-state index contributed by atoms with van der Waals surface area (Å²) in [5, 5.41) is 0. The van der Waals surface area contributed by atoms with Gasteiger partial charge in [0.2, 0.25) is 0 Å². The summed E-state index contributed by atoms with van der Waals surface area (Å²) in [5.74, 6) is 0.0503. The maximum Gasteiger partial charge on any atom is 0.280 e. The van der Waals surface area contributed by atoms with Gasteiger partial charge in [-0.2, -0.15) is 0 Å². The minimum atomic E-state index is -2.74. The van der Waals surface area contributed by atoms with Gasteiger partial charge in [0, 0.05) is 0 Å². The monoisotopic (exact) mass is 235 g/mol. The molecule has 1 aromatic rings. The summed E-state index contributed by atoms with van der Waals surface area (Å²) in [7, 11) is 1.32. The average molecular weight is 236 g/mol. The molecule has 82 valence electrons. The molecule has 3 nitrogen and oxygen atoms in total.